The molecule has 172 valence electrons. The summed E-state index contributed by atoms with van der Waals surface area (Å²) in [5, 5.41) is 4.81. The minimum atomic E-state index is -0.641. The second kappa shape index (κ2) is 9.40. The van der Waals surface area contributed by atoms with Crippen molar-refractivity contribution >= 4 is 27.5 Å². The van der Waals surface area contributed by atoms with Crippen molar-refractivity contribution in [3.8, 4) is 16.8 Å². The molecule has 1 aliphatic heterocycles. The van der Waals surface area contributed by atoms with Crippen LogP contribution in [0.4, 0.5) is 10.1 Å². The number of carbonyl (C=O) groups is 1. The molecular formula is C26H22BrFN4O2. The van der Waals surface area contributed by atoms with Gasteiger partial charge in [-0.3, -0.25) is 4.79 Å². The molecule has 4 aromatic rings. The van der Waals surface area contributed by atoms with Gasteiger partial charge in [0.05, 0.1) is 5.69 Å². The van der Waals surface area contributed by atoms with Gasteiger partial charge in [0.15, 0.2) is 6.23 Å². The maximum atomic E-state index is 13.6. The van der Waals surface area contributed by atoms with Gasteiger partial charge in [-0.05, 0) is 66.1 Å². The highest BCUT2D eigenvalue weighted by molar-refractivity contribution is 9.10. The van der Waals surface area contributed by atoms with Gasteiger partial charge in [0.1, 0.15) is 18.1 Å². The lowest BCUT2D eigenvalue weighted by Gasteiger charge is -2.23. The highest BCUT2D eigenvalue weighted by atomic mass is 79.9. The number of hydrogen-bond donors (Lipinski definition) is 1. The Hall–Kier alpha value is -3.49. The summed E-state index contributed by atoms with van der Waals surface area (Å²) in [4.78, 5) is 14.4. The van der Waals surface area contributed by atoms with Crippen LogP contribution in [-0.2, 0) is 16.0 Å². The van der Waals surface area contributed by atoms with Gasteiger partial charge in [-0.1, -0.05) is 40.2 Å². The first-order chi connectivity index (χ1) is 16.5. The highest BCUT2D eigenvalue weighted by Crippen LogP contribution is 2.35. The van der Waals surface area contributed by atoms with Crippen LogP contribution >= 0.6 is 15.9 Å². The lowest BCUT2D eigenvalue weighted by molar-refractivity contribution is -0.128. The third kappa shape index (κ3) is 4.60. The quantitative estimate of drug-likeness (QED) is 0.358. The zero-order valence-electron chi connectivity index (χ0n) is 18.2. The number of nitrogens with two attached hydrogens (primary N) is 1. The van der Waals surface area contributed by atoms with Crippen LogP contribution in [0.3, 0.4) is 0 Å². The smallest absolute Gasteiger partial charge is 0.251 e. The molecule has 1 unspecified atom stereocenters. The zero-order valence-corrected chi connectivity index (χ0v) is 19.8. The highest BCUT2D eigenvalue weighted by Gasteiger charge is 2.36. The van der Waals surface area contributed by atoms with E-state index < -0.39 is 6.23 Å². The van der Waals surface area contributed by atoms with Gasteiger partial charge in [-0.15, -0.1) is 0 Å². The summed E-state index contributed by atoms with van der Waals surface area (Å²) in [6, 6.07) is 21.6. The lowest BCUT2D eigenvalue weighted by atomic mass is 10.1. The summed E-state index contributed by atoms with van der Waals surface area (Å²) < 4.78 is 22.2. The third-order valence-electron chi connectivity index (χ3n) is 5.81. The molecule has 0 bridgehead atoms. The summed E-state index contributed by atoms with van der Waals surface area (Å²) in [7, 11) is 0. The van der Waals surface area contributed by atoms with E-state index in [1.54, 1.807) is 21.7 Å². The van der Waals surface area contributed by atoms with Crippen molar-refractivity contribution < 1.29 is 13.9 Å². The Morgan fingerprint density at radius 2 is 1.74 bits per heavy atom. The van der Waals surface area contributed by atoms with Crippen LogP contribution in [0.15, 0.2) is 83.5 Å². The molecule has 5 rings (SSSR count). The Bertz CT molecular complexity index is 1300. The summed E-state index contributed by atoms with van der Waals surface area (Å²) in [5.74, 6) is -0.410. The Balaban J connectivity index is 1.50. The van der Waals surface area contributed by atoms with Crippen molar-refractivity contribution in [3.63, 3.8) is 0 Å². The van der Waals surface area contributed by atoms with E-state index in [2.05, 4.69) is 15.9 Å². The first kappa shape index (κ1) is 22.3. The number of ether oxygens (including phenoxy) is 1. The van der Waals surface area contributed by atoms with Gasteiger partial charge in [-0.2, -0.15) is 5.10 Å². The number of carbonyl (C=O) groups excluding carboxylic acids is 1. The van der Waals surface area contributed by atoms with E-state index in [4.69, 9.17) is 15.6 Å². The fourth-order valence-electron chi connectivity index (χ4n) is 4.00. The largest absolute Gasteiger partial charge is 0.399 e. The second-order valence-corrected chi connectivity index (χ2v) is 9.01. The Labute approximate surface area is 204 Å². The predicted molar refractivity (Wildman–Crippen MR) is 132 cm³/mol. The standard InChI is InChI=1S/C26H22BrFN4O2/c27-19-5-11-22(12-6-19)32-15-23(18-3-7-20(28)8-4-18)25(30-32)26-31(24(33)16-34-26)14-13-17-1-9-21(29)10-2-17/h1-12,15,26H,13-14,16,29H2. The van der Waals surface area contributed by atoms with Crippen molar-refractivity contribution in [2.24, 2.45) is 0 Å². The monoisotopic (exact) mass is 520 g/mol. The molecule has 1 atom stereocenters. The van der Waals surface area contributed by atoms with E-state index in [0.717, 1.165) is 26.9 Å². The number of anilines is 1. The average Bonchev–Trinajstić information content (AvgIpc) is 3.43. The molecule has 0 saturated carbocycles. The Morgan fingerprint density at radius 3 is 2.44 bits per heavy atom. The van der Waals surface area contributed by atoms with Crippen molar-refractivity contribution in [3.05, 3.63) is 101 Å². The van der Waals surface area contributed by atoms with Crippen LogP contribution in [0.1, 0.15) is 17.5 Å². The minimum absolute atomic E-state index is 0.0135. The molecule has 34 heavy (non-hydrogen) atoms. The molecule has 0 radical (unpaired) electrons. The van der Waals surface area contributed by atoms with Crippen LogP contribution < -0.4 is 5.73 Å². The molecule has 3 aromatic carbocycles. The van der Waals surface area contributed by atoms with Crippen LogP contribution in [0.5, 0.6) is 0 Å². The Kier molecular flexibility index (Phi) is 6.17. The molecule has 0 spiro atoms. The number of aromatic nitrogens is 2. The number of amides is 1. The molecule has 2 heterocycles. The number of halogens is 2. The number of nitrogen functional groups attached to an aromatic ring is 1. The molecule has 2 N–H and O–H groups in total. The zero-order chi connectivity index (χ0) is 23.7. The van der Waals surface area contributed by atoms with Crippen LogP contribution in [0.25, 0.3) is 16.8 Å². The predicted octanol–water partition coefficient (Wildman–Crippen LogP) is 5.12. The molecular weight excluding hydrogens is 499 g/mol. The van der Waals surface area contributed by atoms with Crippen LogP contribution in [-0.4, -0.2) is 33.7 Å². The number of hydrogen-bond acceptors (Lipinski definition) is 4. The van der Waals surface area contributed by atoms with E-state index in [1.165, 1.54) is 12.1 Å². The van der Waals surface area contributed by atoms with Crippen molar-refractivity contribution in [2.45, 2.75) is 12.6 Å². The molecule has 8 heteroatoms. The molecule has 1 aromatic heterocycles. The van der Waals surface area contributed by atoms with Crippen LogP contribution in [0.2, 0.25) is 0 Å². The van der Waals surface area contributed by atoms with E-state index >= 15 is 0 Å². The van der Waals surface area contributed by atoms with Gasteiger partial charge < -0.3 is 15.4 Å². The SMILES string of the molecule is Nc1ccc(CCN2C(=O)COC2c2nn(-c3ccc(Br)cc3)cc2-c2ccc(F)cc2)cc1. The van der Waals surface area contributed by atoms with Gasteiger partial charge in [0.2, 0.25) is 0 Å². The third-order valence-corrected chi connectivity index (χ3v) is 6.34. The molecule has 1 saturated heterocycles. The fourth-order valence-corrected chi connectivity index (χ4v) is 4.27. The number of nitrogens with zero attached hydrogens (tertiary/aromatic N) is 3. The Morgan fingerprint density at radius 1 is 1.03 bits per heavy atom. The summed E-state index contributed by atoms with van der Waals surface area (Å²) in [5.41, 5.74) is 10.6. The number of rotatable bonds is 6. The molecule has 0 aliphatic carbocycles. The van der Waals surface area contributed by atoms with Crippen molar-refractivity contribution in [2.75, 3.05) is 18.9 Å². The lowest BCUT2D eigenvalue weighted by Crippen LogP contribution is -2.31. The van der Waals surface area contributed by atoms with Crippen molar-refractivity contribution in [1.29, 1.82) is 0 Å². The maximum absolute atomic E-state index is 13.6. The summed E-state index contributed by atoms with van der Waals surface area (Å²) in [6.45, 7) is 0.460. The van der Waals surface area contributed by atoms with Gasteiger partial charge >= 0.3 is 0 Å². The topological polar surface area (TPSA) is 73.4 Å². The van der Waals surface area contributed by atoms with Crippen molar-refractivity contribution in [1.82, 2.24) is 14.7 Å². The van der Waals surface area contributed by atoms with Crippen LogP contribution in [0, 0.1) is 5.82 Å². The van der Waals surface area contributed by atoms with E-state index in [0.29, 0.717) is 24.3 Å². The fraction of sp³-hybridized carbons (Fsp3) is 0.154. The van der Waals surface area contributed by atoms with Gasteiger partial charge in [-0.25, -0.2) is 9.07 Å². The summed E-state index contributed by atoms with van der Waals surface area (Å²) in [6.07, 6.45) is 1.90. The molecule has 1 amide bonds. The number of benzene rings is 3. The molecule has 6 nitrogen and oxygen atoms in total. The van der Waals surface area contributed by atoms with E-state index in [1.807, 2.05) is 54.7 Å². The van der Waals surface area contributed by atoms with E-state index in [-0.39, 0.29) is 18.3 Å². The minimum Gasteiger partial charge on any atom is -0.399 e. The first-order valence-corrected chi connectivity index (χ1v) is 11.6. The normalized spacial score (nSPS) is 15.8. The first-order valence-electron chi connectivity index (χ1n) is 10.8. The maximum Gasteiger partial charge on any atom is 0.251 e. The summed E-state index contributed by atoms with van der Waals surface area (Å²) >= 11 is 3.45. The average molecular weight is 521 g/mol. The van der Waals surface area contributed by atoms with Gasteiger partial charge in [0, 0.05) is 28.5 Å². The second-order valence-electron chi connectivity index (χ2n) is 8.10. The van der Waals surface area contributed by atoms with E-state index in [9.17, 15) is 9.18 Å². The molecule has 1 aliphatic rings. The molecule has 1 fully saturated rings. The van der Waals surface area contributed by atoms with Gasteiger partial charge in [0.25, 0.3) is 5.91 Å².